The quantitative estimate of drug-likeness (QED) is 0.537. The molecule has 1 unspecified atom stereocenters. The summed E-state index contributed by atoms with van der Waals surface area (Å²) < 4.78 is 16.1. The molecule has 3 heterocycles. The van der Waals surface area contributed by atoms with E-state index in [4.69, 9.17) is 0 Å². The summed E-state index contributed by atoms with van der Waals surface area (Å²) in [4.78, 5) is 15.3. The van der Waals surface area contributed by atoms with Gasteiger partial charge in [-0.05, 0) is 37.1 Å². The van der Waals surface area contributed by atoms with Crippen LogP contribution in [0.3, 0.4) is 0 Å². The fraction of sp³-hybridized carbons (Fsp3) is 0.208. The Labute approximate surface area is 179 Å². The molecule has 1 saturated heterocycles. The van der Waals surface area contributed by atoms with Gasteiger partial charge < -0.3 is 4.90 Å². The van der Waals surface area contributed by atoms with E-state index in [9.17, 15) is 9.18 Å². The Morgan fingerprint density at radius 2 is 1.90 bits per heavy atom. The number of piperidine rings is 1. The van der Waals surface area contributed by atoms with Crippen LogP contribution in [0.25, 0.3) is 16.8 Å². The molecule has 2 aromatic carbocycles. The van der Waals surface area contributed by atoms with Crippen molar-refractivity contribution < 1.29 is 9.18 Å². The Hall–Kier alpha value is -3.74. The topological polar surface area (TPSA) is 66.8 Å². The first-order valence-corrected chi connectivity index (χ1v) is 10.4. The molecule has 2 aromatic heterocycles. The molecule has 5 rings (SSSR count). The van der Waals surface area contributed by atoms with E-state index < -0.39 is 0 Å². The monoisotopic (exact) mass is 415 g/mol. The lowest BCUT2D eigenvalue weighted by molar-refractivity contribution is 0.0706. The second-order valence-corrected chi connectivity index (χ2v) is 7.74. The number of H-pyrrole nitrogens is 1. The molecule has 0 radical (unpaired) electrons. The molecular formula is C24H22FN5O. The van der Waals surface area contributed by atoms with Gasteiger partial charge in [-0.15, -0.1) is 0 Å². The first kappa shape index (κ1) is 19.2. The van der Waals surface area contributed by atoms with Gasteiger partial charge in [-0.1, -0.05) is 30.3 Å². The number of carbonyl (C=O) groups excluding carboxylic acids is 1. The summed E-state index contributed by atoms with van der Waals surface area (Å²) >= 11 is 0. The van der Waals surface area contributed by atoms with Crippen molar-refractivity contribution in [1.29, 1.82) is 0 Å². The predicted octanol–water partition coefficient (Wildman–Crippen LogP) is 4.42. The molecule has 1 fully saturated rings. The zero-order chi connectivity index (χ0) is 21.2. The Morgan fingerprint density at radius 1 is 1.06 bits per heavy atom. The zero-order valence-electron chi connectivity index (χ0n) is 16.9. The maximum absolute atomic E-state index is 14.4. The predicted molar refractivity (Wildman–Crippen MR) is 115 cm³/mol. The van der Waals surface area contributed by atoms with Gasteiger partial charge in [-0.2, -0.15) is 10.2 Å². The number of nitrogens with zero attached hydrogens (tertiary/aromatic N) is 4. The summed E-state index contributed by atoms with van der Waals surface area (Å²) in [5, 5.41) is 11.5. The van der Waals surface area contributed by atoms with E-state index in [1.807, 2.05) is 47.5 Å². The fourth-order valence-corrected chi connectivity index (χ4v) is 4.33. The largest absolute Gasteiger partial charge is 0.338 e. The Morgan fingerprint density at radius 3 is 2.74 bits per heavy atom. The van der Waals surface area contributed by atoms with E-state index >= 15 is 0 Å². The highest BCUT2D eigenvalue weighted by atomic mass is 19.1. The minimum atomic E-state index is -0.276. The molecule has 31 heavy (non-hydrogen) atoms. The van der Waals surface area contributed by atoms with Gasteiger partial charge in [-0.25, -0.2) is 9.07 Å². The maximum atomic E-state index is 14.4. The van der Waals surface area contributed by atoms with Crippen LogP contribution in [0.15, 0.2) is 73.2 Å². The van der Waals surface area contributed by atoms with E-state index in [1.54, 1.807) is 29.2 Å². The van der Waals surface area contributed by atoms with Crippen molar-refractivity contribution in [3.8, 4) is 16.8 Å². The van der Waals surface area contributed by atoms with Crippen molar-refractivity contribution in [2.45, 2.75) is 18.8 Å². The number of para-hydroxylation sites is 1. The van der Waals surface area contributed by atoms with Crippen LogP contribution in [-0.4, -0.2) is 43.9 Å². The number of amides is 1. The molecule has 156 valence electrons. The van der Waals surface area contributed by atoms with Crippen LogP contribution in [0.2, 0.25) is 0 Å². The highest BCUT2D eigenvalue weighted by Crippen LogP contribution is 2.34. The summed E-state index contributed by atoms with van der Waals surface area (Å²) in [6.07, 6.45) is 6.98. The van der Waals surface area contributed by atoms with Crippen LogP contribution in [0.1, 0.15) is 34.8 Å². The van der Waals surface area contributed by atoms with Gasteiger partial charge in [0.2, 0.25) is 0 Å². The average Bonchev–Trinajstić information content (AvgIpc) is 3.51. The van der Waals surface area contributed by atoms with Crippen molar-refractivity contribution >= 4 is 5.91 Å². The second kappa shape index (κ2) is 8.18. The van der Waals surface area contributed by atoms with Gasteiger partial charge in [0.25, 0.3) is 5.91 Å². The summed E-state index contributed by atoms with van der Waals surface area (Å²) in [5.74, 6) is -0.239. The number of hydrogen-bond donors (Lipinski definition) is 1. The summed E-state index contributed by atoms with van der Waals surface area (Å²) in [6.45, 7) is 1.24. The van der Waals surface area contributed by atoms with Crippen LogP contribution in [-0.2, 0) is 0 Å². The minimum absolute atomic E-state index is 0.0252. The number of rotatable bonds is 4. The Bertz CT molecular complexity index is 1200. The van der Waals surface area contributed by atoms with Crippen LogP contribution in [0.5, 0.6) is 0 Å². The fourth-order valence-electron chi connectivity index (χ4n) is 4.33. The molecule has 4 aromatic rings. The number of aromatic nitrogens is 4. The molecule has 7 heteroatoms. The van der Waals surface area contributed by atoms with Gasteiger partial charge in [0.1, 0.15) is 5.82 Å². The summed E-state index contributed by atoms with van der Waals surface area (Å²) in [7, 11) is 0. The maximum Gasteiger partial charge on any atom is 0.256 e. The number of halogens is 1. The van der Waals surface area contributed by atoms with Gasteiger partial charge in [-0.3, -0.25) is 9.89 Å². The van der Waals surface area contributed by atoms with Crippen molar-refractivity contribution in [1.82, 2.24) is 24.9 Å². The van der Waals surface area contributed by atoms with E-state index in [0.717, 1.165) is 29.8 Å². The molecule has 0 aliphatic carbocycles. The molecule has 6 nitrogen and oxygen atoms in total. The SMILES string of the molecule is O=C(c1ccccc1-n1cccn1)N1CCCC(c2[nH]ncc2-c2ccccc2F)C1. The summed E-state index contributed by atoms with van der Waals surface area (Å²) in [6, 6.07) is 16.0. The molecule has 0 spiro atoms. The van der Waals surface area contributed by atoms with Crippen molar-refractivity contribution in [2.24, 2.45) is 0 Å². The number of carbonyl (C=O) groups is 1. The molecule has 1 aliphatic heterocycles. The lowest BCUT2D eigenvalue weighted by Gasteiger charge is -2.33. The van der Waals surface area contributed by atoms with Gasteiger partial charge in [0.05, 0.1) is 17.4 Å². The highest BCUT2D eigenvalue weighted by molar-refractivity contribution is 5.97. The van der Waals surface area contributed by atoms with Crippen molar-refractivity contribution in [3.63, 3.8) is 0 Å². The zero-order valence-corrected chi connectivity index (χ0v) is 16.9. The molecule has 1 amide bonds. The molecule has 0 saturated carbocycles. The molecule has 0 bridgehead atoms. The summed E-state index contributed by atoms with van der Waals surface area (Å²) in [5.41, 5.74) is 3.54. The third-order valence-corrected chi connectivity index (χ3v) is 5.84. The van der Waals surface area contributed by atoms with Crippen LogP contribution in [0, 0.1) is 5.82 Å². The average molecular weight is 415 g/mol. The van der Waals surface area contributed by atoms with E-state index in [-0.39, 0.29) is 17.6 Å². The number of aromatic amines is 1. The lowest BCUT2D eigenvalue weighted by atomic mass is 9.90. The van der Waals surface area contributed by atoms with Crippen LogP contribution >= 0.6 is 0 Å². The van der Waals surface area contributed by atoms with Gasteiger partial charge in [0, 0.05) is 48.2 Å². The lowest BCUT2D eigenvalue weighted by Crippen LogP contribution is -2.39. The number of nitrogens with one attached hydrogen (secondary N) is 1. The first-order chi connectivity index (χ1) is 15.2. The highest BCUT2D eigenvalue weighted by Gasteiger charge is 2.29. The van der Waals surface area contributed by atoms with E-state index in [2.05, 4.69) is 15.3 Å². The van der Waals surface area contributed by atoms with E-state index in [1.165, 1.54) is 6.07 Å². The minimum Gasteiger partial charge on any atom is -0.338 e. The van der Waals surface area contributed by atoms with Crippen LogP contribution in [0.4, 0.5) is 4.39 Å². The first-order valence-electron chi connectivity index (χ1n) is 10.4. The van der Waals surface area contributed by atoms with Crippen molar-refractivity contribution in [3.05, 3.63) is 90.3 Å². The molecule has 1 aliphatic rings. The molecule has 1 N–H and O–H groups in total. The third kappa shape index (κ3) is 3.63. The van der Waals surface area contributed by atoms with Gasteiger partial charge in [0.15, 0.2) is 0 Å². The number of likely N-dealkylation sites (tertiary alicyclic amines) is 1. The standard InChI is InChI=1S/C24H22FN5O/c25-21-10-3-1-8-18(21)20-15-26-28-23(20)17-7-5-13-29(16-17)24(31)19-9-2-4-11-22(19)30-14-6-12-27-30/h1-4,6,8-12,14-15,17H,5,7,13,16H2,(H,26,28). The number of benzene rings is 2. The van der Waals surface area contributed by atoms with Crippen LogP contribution < -0.4 is 0 Å². The molecule has 1 atom stereocenters. The smallest absolute Gasteiger partial charge is 0.256 e. The van der Waals surface area contributed by atoms with Gasteiger partial charge >= 0.3 is 0 Å². The normalized spacial score (nSPS) is 16.4. The second-order valence-electron chi connectivity index (χ2n) is 7.74. The number of hydrogen-bond acceptors (Lipinski definition) is 3. The molecular weight excluding hydrogens is 393 g/mol. The van der Waals surface area contributed by atoms with Crippen molar-refractivity contribution in [2.75, 3.05) is 13.1 Å². The van der Waals surface area contributed by atoms with E-state index in [0.29, 0.717) is 24.2 Å². The Balaban J connectivity index is 1.43. The Kier molecular flexibility index (Phi) is 5.08. The third-order valence-electron chi connectivity index (χ3n) is 5.84.